The minimum absolute atomic E-state index is 0.471. The van der Waals surface area contributed by atoms with E-state index in [0.29, 0.717) is 0 Å². The maximum Gasteiger partial charge on any atom is -0.0116 e. The van der Waals surface area contributed by atoms with Crippen molar-refractivity contribution in [1.82, 2.24) is 0 Å². The fourth-order valence-corrected chi connectivity index (χ4v) is 5.88. The number of benzene rings is 3. The lowest BCUT2D eigenvalue weighted by Gasteiger charge is -2.31. The summed E-state index contributed by atoms with van der Waals surface area (Å²) >= 11 is 0. The van der Waals surface area contributed by atoms with E-state index in [1.165, 1.54) is 29.9 Å². The van der Waals surface area contributed by atoms with Crippen molar-refractivity contribution < 1.29 is 0 Å². The zero-order valence-corrected chi connectivity index (χ0v) is 14.1. The van der Waals surface area contributed by atoms with Crippen LogP contribution in [-0.2, 0) is 0 Å². The van der Waals surface area contributed by atoms with E-state index >= 15 is 0 Å². The van der Waals surface area contributed by atoms with Gasteiger partial charge >= 0.3 is 0 Å². The average Bonchev–Trinajstić information content (AvgIpc) is 2.57. The molecule has 0 saturated heterocycles. The van der Waals surface area contributed by atoms with Crippen LogP contribution in [0.3, 0.4) is 0 Å². The van der Waals surface area contributed by atoms with E-state index in [9.17, 15) is 0 Å². The highest BCUT2D eigenvalue weighted by Crippen LogP contribution is 2.41. The van der Waals surface area contributed by atoms with Crippen molar-refractivity contribution >= 4 is 23.8 Å². The van der Waals surface area contributed by atoms with Gasteiger partial charge in [-0.2, -0.15) is 0 Å². The zero-order valence-electron chi connectivity index (χ0n) is 13.2. The van der Waals surface area contributed by atoms with Crippen LogP contribution < -0.4 is 15.9 Å². The van der Waals surface area contributed by atoms with Gasteiger partial charge in [0.25, 0.3) is 0 Å². The summed E-state index contributed by atoms with van der Waals surface area (Å²) in [6.45, 7) is 0. The maximum atomic E-state index is 2.36. The Hall–Kier alpha value is -1.91. The van der Waals surface area contributed by atoms with Gasteiger partial charge in [0.1, 0.15) is 0 Å². The van der Waals surface area contributed by atoms with Crippen molar-refractivity contribution in [3.8, 4) is 0 Å². The Balaban J connectivity index is 1.86. The summed E-state index contributed by atoms with van der Waals surface area (Å²) in [4.78, 5) is 0. The third kappa shape index (κ3) is 2.96. The highest BCUT2D eigenvalue weighted by atomic mass is 31.1. The molecular weight excluding hydrogens is 295 g/mol. The van der Waals surface area contributed by atoms with Crippen molar-refractivity contribution in [1.29, 1.82) is 0 Å². The molecule has 0 unspecified atom stereocenters. The first-order valence-electron chi connectivity index (χ1n) is 8.42. The lowest BCUT2D eigenvalue weighted by molar-refractivity contribution is 0.421. The second-order valence-corrected chi connectivity index (χ2v) is 8.38. The first kappa shape index (κ1) is 14.7. The summed E-state index contributed by atoms with van der Waals surface area (Å²) in [5.74, 6) is 0.767. The molecule has 3 aromatic rings. The molecule has 0 N–H and O–H groups in total. The minimum Gasteiger partial charge on any atom is -0.0622 e. The molecule has 1 heteroatoms. The lowest BCUT2D eigenvalue weighted by atomic mass is 9.80. The molecular formula is C22H21P. The van der Waals surface area contributed by atoms with Crippen molar-refractivity contribution in [3.05, 3.63) is 90.5 Å². The molecule has 0 heterocycles. The molecule has 0 bridgehead atoms. The summed E-state index contributed by atoms with van der Waals surface area (Å²) in [5.41, 5.74) is 1.58. The molecule has 1 aliphatic rings. The van der Waals surface area contributed by atoms with Crippen LogP contribution in [0.25, 0.3) is 0 Å². The number of rotatable bonds is 4. The maximum absolute atomic E-state index is 2.36. The van der Waals surface area contributed by atoms with Crippen LogP contribution in [0, 0.1) is 0 Å². The Bertz CT molecular complexity index is 721. The number of hydrogen-bond acceptors (Lipinski definition) is 0. The monoisotopic (exact) mass is 316 g/mol. The van der Waals surface area contributed by atoms with Crippen molar-refractivity contribution in [2.45, 2.75) is 25.2 Å². The standard InChI is InChI=1S/C22H21P/c1-3-12-19(13-4-1)23(20-14-5-2-6-15-20)22-17-8-7-16-21(22)18-10-9-11-18/h1-8,12-18H,9-11H2. The Morgan fingerprint density at radius 2 is 1.13 bits per heavy atom. The van der Waals surface area contributed by atoms with Crippen LogP contribution in [0.2, 0.25) is 0 Å². The second-order valence-electron chi connectivity index (χ2n) is 6.19. The Labute approximate surface area is 139 Å². The van der Waals surface area contributed by atoms with E-state index in [1.807, 2.05) is 0 Å². The molecule has 0 radical (unpaired) electrons. The van der Waals surface area contributed by atoms with Gasteiger partial charge in [-0.3, -0.25) is 0 Å². The summed E-state index contributed by atoms with van der Waals surface area (Å²) in [6.07, 6.45) is 4.08. The fraction of sp³-hybridized carbons (Fsp3) is 0.182. The Morgan fingerprint density at radius 3 is 1.65 bits per heavy atom. The largest absolute Gasteiger partial charge is 0.0622 e. The van der Waals surface area contributed by atoms with Crippen LogP contribution in [0.5, 0.6) is 0 Å². The van der Waals surface area contributed by atoms with Crippen LogP contribution in [0.4, 0.5) is 0 Å². The molecule has 0 aromatic heterocycles. The minimum atomic E-state index is -0.471. The smallest absolute Gasteiger partial charge is 0.0116 e. The second kappa shape index (κ2) is 6.69. The van der Waals surface area contributed by atoms with Gasteiger partial charge in [0.05, 0.1) is 0 Å². The molecule has 1 fully saturated rings. The third-order valence-electron chi connectivity index (χ3n) is 4.75. The molecule has 0 aliphatic heterocycles. The molecule has 1 saturated carbocycles. The van der Waals surface area contributed by atoms with Crippen LogP contribution in [-0.4, -0.2) is 0 Å². The molecule has 3 aromatic carbocycles. The fourth-order valence-electron chi connectivity index (χ4n) is 3.34. The summed E-state index contributed by atoms with van der Waals surface area (Å²) < 4.78 is 0. The summed E-state index contributed by atoms with van der Waals surface area (Å²) in [7, 11) is -0.471. The SMILES string of the molecule is c1ccc(P(c2ccccc2)c2ccccc2C2CCC2)cc1. The lowest BCUT2D eigenvalue weighted by Crippen LogP contribution is -2.26. The molecule has 1 aliphatic carbocycles. The average molecular weight is 316 g/mol. The quantitative estimate of drug-likeness (QED) is 0.611. The topological polar surface area (TPSA) is 0 Å². The van der Waals surface area contributed by atoms with Gasteiger partial charge in [-0.15, -0.1) is 0 Å². The predicted octanol–water partition coefficient (Wildman–Crippen LogP) is 4.71. The molecule has 0 amide bonds. The van der Waals surface area contributed by atoms with Gasteiger partial charge in [-0.05, 0) is 48.2 Å². The van der Waals surface area contributed by atoms with Gasteiger partial charge < -0.3 is 0 Å². The van der Waals surface area contributed by atoms with Crippen LogP contribution in [0.15, 0.2) is 84.9 Å². The number of hydrogen-bond donors (Lipinski definition) is 0. The van der Waals surface area contributed by atoms with E-state index in [0.717, 1.165) is 5.92 Å². The van der Waals surface area contributed by atoms with E-state index in [2.05, 4.69) is 84.9 Å². The highest BCUT2D eigenvalue weighted by molar-refractivity contribution is 7.79. The van der Waals surface area contributed by atoms with Gasteiger partial charge in [0.2, 0.25) is 0 Å². The van der Waals surface area contributed by atoms with Crippen molar-refractivity contribution in [2.75, 3.05) is 0 Å². The highest BCUT2D eigenvalue weighted by Gasteiger charge is 2.26. The molecule has 0 spiro atoms. The van der Waals surface area contributed by atoms with Crippen LogP contribution >= 0.6 is 7.92 Å². The summed E-state index contributed by atoms with van der Waals surface area (Å²) in [6, 6.07) is 31.2. The summed E-state index contributed by atoms with van der Waals surface area (Å²) in [5, 5.41) is 4.44. The normalized spacial score (nSPS) is 14.7. The molecule has 0 atom stereocenters. The Morgan fingerprint density at radius 1 is 0.609 bits per heavy atom. The van der Waals surface area contributed by atoms with Gasteiger partial charge in [0.15, 0.2) is 0 Å². The van der Waals surface area contributed by atoms with E-state index in [-0.39, 0.29) is 0 Å². The first-order valence-corrected chi connectivity index (χ1v) is 9.77. The van der Waals surface area contributed by atoms with E-state index in [4.69, 9.17) is 0 Å². The zero-order chi connectivity index (χ0) is 15.5. The van der Waals surface area contributed by atoms with Crippen molar-refractivity contribution in [2.24, 2.45) is 0 Å². The first-order chi connectivity index (χ1) is 11.4. The Kier molecular flexibility index (Phi) is 4.26. The predicted molar refractivity (Wildman–Crippen MR) is 102 cm³/mol. The molecule has 0 nitrogen and oxygen atoms in total. The van der Waals surface area contributed by atoms with Gasteiger partial charge in [0, 0.05) is 0 Å². The van der Waals surface area contributed by atoms with E-state index in [1.54, 1.807) is 10.9 Å². The van der Waals surface area contributed by atoms with Gasteiger partial charge in [-0.25, -0.2) is 0 Å². The third-order valence-corrected chi connectivity index (χ3v) is 7.27. The van der Waals surface area contributed by atoms with E-state index < -0.39 is 7.92 Å². The molecule has 114 valence electrons. The van der Waals surface area contributed by atoms with Crippen molar-refractivity contribution in [3.63, 3.8) is 0 Å². The van der Waals surface area contributed by atoms with Gasteiger partial charge in [-0.1, -0.05) is 91.3 Å². The molecule has 23 heavy (non-hydrogen) atoms. The van der Waals surface area contributed by atoms with Crippen LogP contribution in [0.1, 0.15) is 30.7 Å². The molecule has 4 rings (SSSR count).